The van der Waals surface area contributed by atoms with Crippen LogP contribution in [0.15, 0.2) is 93.1 Å². The van der Waals surface area contributed by atoms with Crippen LogP contribution >= 0.6 is 0 Å². The van der Waals surface area contributed by atoms with Crippen molar-refractivity contribution in [3.63, 3.8) is 0 Å². The van der Waals surface area contributed by atoms with Crippen LogP contribution in [0, 0.1) is 0 Å². The van der Waals surface area contributed by atoms with Gasteiger partial charge in [-0.1, -0.05) is 48.5 Å². The zero-order valence-corrected chi connectivity index (χ0v) is 21.8. The second-order valence-electron chi connectivity index (χ2n) is 10.8. The minimum Gasteiger partial charge on any atom is -0.456 e. The molecule has 4 aromatic carbocycles. The van der Waals surface area contributed by atoms with Gasteiger partial charge in [0.2, 0.25) is 9.84 Å². The maximum Gasteiger partial charge on any atom is 0.494 e. The molecule has 7 heteroatoms. The topological polar surface area (TPSA) is 65.7 Å². The lowest BCUT2D eigenvalue weighted by Gasteiger charge is -2.32. The van der Waals surface area contributed by atoms with Gasteiger partial charge in [0.05, 0.1) is 21.0 Å². The number of sulfone groups is 1. The van der Waals surface area contributed by atoms with Crippen molar-refractivity contribution in [3.05, 3.63) is 78.9 Å². The van der Waals surface area contributed by atoms with Crippen molar-refractivity contribution in [1.29, 1.82) is 0 Å². The molecule has 2 aliphatic heterocycles. The fourth-order valence-electron chi connectivity index (χ4n) is 5.39. The van der Waals surface area contributed by atoms with Crippen LogP contribution in [0.3, 0.4) is 0 Å². The van der Waals surface area contributed by atoms with Gasteiger partial charge in [0.1, 0.15) is 11.2 Å². The van der Waals surface area contributed by atoms with Crippen molar-refractivity contribution in [3.8, 4) is 22.3 Å². The Kier molecular flexibility index (Phi) is 4.52. The summed E-state index contributed by atoms with van der Waals surface area (Å²) in [5, 5.41) is 2.06. The molecular weight excluding hydrogens is 483 g/mol. The van der Waals surface area contributed by atoms with E-state index in [1.807, 2.05) is 82.3 Å². The second-order valence-corrected chi connectivity index (χ2v) is 12.7. The van der Waals surface area contributed by atoms with Crippen LogP contribution in [0.5, 0.6) is 0 Å². The highest BCUT2D eigenvalue weighted by Gasteiger charge is 2.52. The Balaban J connectivity index is 1.37. The van der Waals surface area contributed by atoms with Gasteiger partial charge in [0.15, 0.2) is 0 Å². The summed E-state index contributed by atoms with van der Waals surface area (Å²) >= 11 is 0. The van der Waals surface area contributed by atoms with E-state index < -0.39 is 28.2 Å². The highest BCUT2D eigenvalue weighted by atomic mass is 32.2. The first-order valence-electron chi connectivity index (χ1n) is 12.4. The largest absolute Gasteiger partial charge is 0.494 e. The molecule has 0 amide bonds. The van der Waals surface area contributed by atoms with E-state index in [9.17, 15) is 8.42 Å². The van der Waals surface area contributed by atoms with E-state index in [0.29, 0.717) is 26.4 Å². The lowest BCUT2D eigenvalue weighted by Crippen LogP contribution is -2.41. The van der Waals surface area contributed by atoms with Crippen molar-refractivity contribution in [2.75, 3.05) is 0 Å². The minimum atomic E-state index is -3.67. The van der Waals surface area contributed by atoms with Crippen molar-refractivity contribution >= 4 is 44.4 Å². The molecule has 1 fully saturated rings. The molecule has 5 aromatic rings. The molecular formula is C30H25BO5S. The zero-order valence-electron chi connectivity index (χ0n) is 21.0. The summed E-state index contributed by atoms with van der Waals surface area (Å²) in [5.41, 5.74) is 4.66. The van der Waals surface area contributed by atoms with E-state index in [2.05, 4.69) is 12.1 Å². The van der Waals surface area contributed by atoms with Gasteiger partial charge in [-0.05, 0) is 74.6 Å². The Morgan fingerprint density at radius 1 is 0.676 bits per heavy atom. The lowest BCUT2D eigenvalue weighted by molar-refractivity contribution is 0.00578. The van der Waals surface area contributed by atoms with Gasteiger partial charge in [0, 0.05) is 21.9 Å². The van der Waals surface area contributed by atoms with Crippen LogP contribution < -0.4 is 5.46 Å². The molecule has 0 bridgehead atoms. The number of hydrogen-bond acceptors (Lipinski definition) is 5. The fourth-order valence-corrected chi connectivity index (χ4v) is 7.09. The molecule has 2 aliphatic rings. The molecule has 0 N–H and O–H groups in total. The van der Waals surface area contributed by atoms with Crippen LogP contribution in [0.2, 0.25) is 0 Å². The highest BCUT2D eigenvalue weighted by Crippen LogP contribution is 2.46. The number of para-hydroxylation sites is 1. The fraction of sp³-hybridized carbons (Fsp3) is 0.200. The molecule has 0 atom stereocenters. The number of rotatable bonds is 2. The van der Waals surface area contributed by atoms with Gasteiger partial charge in [-0.3, -0.25) is 0 Å². The number of furan rings is 1. The summed E-state index contributed by atoms with van der Waals surface area (Å²) in [5.74, 6) is 0. The zero-order chi connectivity index (χ0) is 25.7. The van der Waals surface area contributed by atoms with Crippen LogP contribution in [0.1, 0.15) is 27.7 Å². The van der Waals surface area contributed by atoms with Crippen molar-refractivity contribution in [1.82, 2.24) is 0 Å². The highest BCUT2D eigenvalue weighted by molar-refractivity contribution is 7.92. The van der Waals surface area contributed by atoms with E-state index in [4.69, 9.17) is 13.7 Å². The normalized spacial score (nSPS) is 18.9. The van der Waals surface area contributed by atoms with Crippen molar-refractivity contribution < 1.29 is 22.1 Å². The molecule has 0 spiro atoms. The summed E-state index contributed by atoms with van der Waals surface area (Å²) < 4.78 is 45.6. The van der Waals surface area contributed by atoms with Gasteiger partial charge >= 0.3 is 7.12 Å². The summed E-state index contributed by atoms with van der Waals surface area (Å²) in [6, 6.07) is 25.0. The summed E-state index contributed by atoms with van der Waals surface area (Å²) in [4.78, 5) is 0.611. The third kappa shape index (κ3) is 3.14. The third-order valence-electron chi connectivity index (χ3n) is 8.09. The molecule has 184 valence electrons. The number of hydrogen-bond donors (Lipinski definition) is 0. The Morgan fingerprint density at radius 2 is 1.41 bits per heavy atom. The molecule has 3 heterocycles. The van der Waals surface area contributed by atoms with E-state index in [1.165, 1.54) is 0 Å². The summed E-state index contributed by atoms with van der Waals surface area (Å²) in [6.07, 6.45) is 0. The smallest absolute Gasteiger partial charge is 0.456 e. The third-order valence-corrected chi connectivity index (χ3v) is 9.95. The first-order chi connectivity index (χ1) is 17.6. The monoisotopic (exact) mass is 508 g/mol. The molecule has 1 saturated heterocycles. The van der Waals surface area contributed by atoms with Crippen LogP contribution in [-0.4, -0.2) is 26.7 Å². The van der Waals surface area contributed by atoms with Gasteiger partial charge in [-0.25, -0.2) is 8.42 Å². The van der Waals surface area contributed by atoms with Crippen LogP contribution in [0.4, 0.5) is 0 Å². The Hall–Kier alpha value is -3.39. The number of benzene rings is 4. The maximum atomic E-state index is 13.6. The minimum absolute atomic E-state index is 0.291. The average molecular weight is 508 g/mol. The molecule has 0 radical (unpaired) electrons. The molecule has 5 nitrogen and oxygen atoms in total. The number of fused-ring (bicyclic) bond motifs is 6. The van der Waals surface area contributed by atoms with Crippen molar-refractivity contribution in [2.24, 2.45) is 0 Å². The average Bonchev–Trinajstić information content (AvgIpc) is 3.43. The SMILES string of the molecule is CC1(C)OB(c2ccc3c(c2)S(=O)(=O)c2ccc(-c4cccc5oc6ccccc6c45)cc2-3)OC1(C)C. The van der Waals surface area contributed by atoms with E-state index >= 15 is 0 Å². The molecule has 0 unspecified atom stereocenters. The second kappa shape index (κ2) is 7.35. The summed E-state index contributed by atoms with van der Waals surface area (Å²) in [6.45, 7) is 7.94. The van der Waals surface area contributed by atoms with Crippen LogP contribution in [0.25, 0.3) is 44.2 Å². The predicted octanol–water partition coefficient (Wildman–Crippen LogP) is 6.37. The quantitative estimate of drug-likeness (QED) is 0.255. The van der Waals surface area contributed by atoms with E-state index in [1.54, 1.807) is 12.1 Å². The molecule has 7 rings (SSSR count). The first kappa shape index (κ1) is 22.8. The predicted molar refractivity (Wildman–Crippen MR) is 146 cm³/mol. The van der Waals surface area contributed by atoms with Gasteiger partial charge in [-0.15, -0.1) is 0 Å². The lowest BCUT2D eigenvalue weighted by atomic mass is 9.78. The Bertz CT molecular complexity index is 1850. The molecule has 1 aromatic heterocycles. The molecule has 37 heavy (non-hydrogen) atoms. The van der Waals surface area contributed by atoms with Crippen LogP contribution in [-0.2, 0) is 19.1 Å². The van der Waals surface area contributed by atoms with Crippen molar-refractivity contribution in [2.45, 2.75) is 48.7 Å². The van der Waals surface area contributed by atoms with E-state index in [0.717, 1.165) is 33.1 Å². The van der Waals surface area contributed by atoms with Gasteiger partial charge in [-0.2, -0.15) is 0 Å². The standard InChI is InChI=1S/C30H25BO5S/c1-29(2)30(3,4)36-31(35-29)19-13-14-21-23-16-18(12-15-26(23)37(32,33)27(21)17-19)20-9-7-11-25-28(20)22-8-5-6-10-24(22)34-25/h5-17H,1-4H3. The Morgan fingerprint density at radius 3 is 2.19 bits per heavy atom. The Labute approximate surface area is 216 Å². The van der Waals surface area contributed by atoms with E-state index in [-0.39, 0.29) is 0 Å². The summed E-state index contributed by atoms with van der Waals surface area (Å²) in [7, 11) is -4.30. The molecule has 0 aliphatic carbocycles. The maximum absolute atomic E-state index is 13.6. The van der Waals surface area contributed by atoms with Gasteiger partial charge < -0.3 is 13.7 Å². The first-order valence-corrected chi connectivity index (χ1v) is 13.8. The molecule has 0 saturated carbocycles. The van der Waals surface area contributed by atoms with Gasteiger partial charge in [0.25, 0.3) is 0 Å².